The van der Waals surface area contributed by atoms with Crippen molar-refractivity contribution in [2.75, 3.05) is 20.6 Å². The summed E-state index contributed by atoms with van der Waals surface area (Å²) in [7, 11) is 3.82. The Morgan fingerprint density at radius 3 is 2.76 bits per heavy atom. The predicted molar refractivity (Wildman–Crippen MR) is 81.6 cm³/mol. The molecule has 0 fully saturated rings. The molecule has 0 radical (unpaired) electrons. The number of carbonyl (C=O) groups is 1. The first kappa shape index (κ1) is 15.7. The third-order valence-corrected chi connectivity index (χ3v) is 3.74. The first-order valence-electron chi connectivity index (χ1n) is 6.42. The number of amides is 1. The largest absolute Gasteiger partial charge is 0.468 e. The summed E-state index contributed by atoms with van der Waals surface area (Å²) in [5, 5.41) is 2.83. The molecular formula is C15H16BrFN2O2. The molecule has 4 nitrogen and oxygen atoms in total. The summed E-state index contributed by atoms with van der Waals surface area (Å²) >= 11 is 3.07. The maximum absolute atomic E-state index is 13.2. The zero-order valence-corrected chi connectivity index (χ0v) is 13.4. The van der Waals surface area contributed by atoms with Gasteiger partial charge in [-0.1, -0.05) is 0 Å². The van der Waals surface area contributed by atoms with Gasteiger partial charge in [0, 0.05) is 12.1 Å². The van der Waals surface area contributed by atoms with E-state index in [-0.39, 0.29) is 16.4 Å². The molecule has 2 rings (SSSR count). The van der Waals surface area contributed by atoms with Crippen LogP contribution in [0, 0.1) is 5.82 Å². The summed E-state index contributed by atoms with van der Waals surface area (Å²) < 4.78 is 18.8. The molecule has 1 amide bonds. The molecule has 0 aliphatic rings. The summed E-state index contributed by atoms with van der Waals surface area (Å²) in [5.74, 6) is 0.128. The molecule has 0 aliphatic carbocycles. The molecule has 1 aromatic carbocycles. The van der Waals surface area contributed by atoms with E-state index in [0.717, 1.165) is 5.76 Å². The van der Waals surface area contributed by atoms with E-state index < -0.39 is 5.82 Å². The molecule has 1 heterocycles. The highest BCUT2D eigenvalue weighted by Gasteiger charge is 2.18. The van der Waals surface area contributed by atoms with Crippen molar-refractivity contribution in [1.29, 1.82) is 0 Å². The SMILES string of the molecule is CN(C)C(CNC(=O)c1ccc(F)c(Br)c1)c1ccco1. The van der Waals surface area contributed by atoms with E-state index in [1.807, 2.05) is 31.1 Å². The second-order valence-corrected chi connectivity index (χ2v) is 5.69. The maximum atomic E-state index is 13.2. The minimum Gasteiger partial charge on any atom is -0.468 e. The fraction of sp³-hybridized carbons (Fsp3) is 0.267. The molecule has 0 spiro atoms. The molecule has 6 heteroatoms. The molecule has 0 saturated carbocycles. The smallest absolute Gasteiger partial charge is 0.251 e. The van der Waals surface area contributed by atoms with Crippen molar-refractivity contribution < 1.29 is 13.6 Å². The van der Waals surface area contributed by atoms with Crippen molar-refractivity contribution in [3.63, 3.8) is 0 Å². The second-order valence-electron chi connectivity index (χ2n) is 4.83. The van der Waals surface area contributed by atoms with E-state index in [0.29, 0.717) is 12.1 Å². The van der Waals surface area contributed by atoms with Crippen LogP contribution in [0.15, 0.2) is 45.5 Å². The van der Waals surface area contributed by atoms with Gasteiger partial charge in [-0.3, -0.25) is 9.69 Å². The number of hydrogen-bond donors (Lipinski definition) is 1. The Kier molecular flexibility index (Phi) is 5.14. The number of benzene rings is 1. The Morgan fingerprint density at radius 2 is 2.19 bits per heavy atom. The van der Waals surface area contributed by atoms with Gasteiger partial charge < -0.3 is 9.73 Å². The van der Waals surface area contributed by atoms with E-state index in [9.17, 15) is 9.18 Å². The zero-order valence-electron chi connectivity index (χ0n) is 11.8. The molecular weight excluding hydrogens is 339 g/mol. The molecule has 2 aromatic rings. The third-order valence-electron chi connectivity index (χ3n) is 3.13. The highest BCUT2D eigenvalue weighted by Crippen LogP contribution is 2.19. The van der Waals surface area contributed by atoms with Gasteiger partial charge in [0.25, 0.3) is 5.91 Å². The number of rotatable bonds is 5. The van der Waals surface area contributed by atoms with Crippen LogP contribution in [-0.4, -0.2) is 31.4 Å². The van der Waals surface area contributed by atoms with Crippen LogP contribution in [0.25, 0.3) is 0 Å². The zero-order chi connectivity index (χ0) is 15.4. The fourth-order valence-electron chi connectivity index (χ4n) is 1.95. The van der Waals surface area contributed by atoms with Crippen LogP contribution in [0.4, 0.5) is 4.39 Å². The molecule has 0 saturated heterocycles. The number of nitrogens with zero attached hydrogens (tertiary/aromatic N) is 1. The number of nitrogens with one attached hydrogen (secondary N) is 1. The van der Waals surface area contributed by atoms with E-state index in [4.69, 9.17) is 4.42 Å². The van der Waals surface area contributed by atoms with Crippen LogP contribution in [0.5, 0.6) is 0 Å². The second kappa shape index (κ2) is 6.87. The topological polar surface area (TPSA) is 45.5 Å². The highest BCUT2D eigenvalue weighted by molar-refractivity contribution is 9.10. The Balaban J connectivity index is 2.03. The Bertz CT molecular complexity index is 614. The van der Waals surface area contributed by atoms with Gasteiger partial charge in [-0.05, 0) is 60.4 Å². The van der Waals surface area contributed by atoms with Crippen molar-refractivity contribution >= 4 is 21.8 Å². The molecule has 1 N–H and O–H groups in total. The van der Waals surface area contributed by atoms with Crippen molar-refractivity contribution in [3.8, 4) is 0 Å². The first-order chi connectivity index (χ1) is 9.99. The number of likely N-dealkylation sites (N-methyl/N-ethyl adjacent to an activating group) is 1. The summed E-state index contributed by atoms with van der Waals surface area (Å²) in [5.41, 5.74) is 0.403. The van der Waals surface area contributed by atoms with Gasteiger partial charge in [0.2, 0.25) is 0 Å². The quantitative estimate of drug-likeness (QED) is 0.896. The first-order valence-corrected chi connectivity index (χ1v) is 7.21. The molecule has 0 aliphatic heterocycles. The lowest BCUT2D eigenvalue weighted by atomic mass is 10.1. The van der Waals surface area contributed by atoms with Crippen LogP contribution in [-0.2, 0) is 0 Å². The molecule has 112 valence electrons. The van der Waals surface area contributed by atoms with Crippen molar-refractivity contribution in [3.05, 3.63) is 58.2 Å². The summed E-state index contributed by atoms with van der Waals surface area (Å²) in [6.07, 6.45) is 1.60. The van der Waals surface area contributed by atoms with E-state index in [1.54, 1.807) is 6.26 Å². The molecule has 1 unspecified atom stereocenters. The average Bonchev–Trinajstić information content (AvgIpc) is 2.95. The average molecular weight is 355 g/mol. The lowest BCUT2D eigenvalue weighted by Crippen LogP contribution is -2.34. The Labute approximate surface area is 131 Å². The minimum absolute atomic E-state index is 0.0622. The van der Waals surface area contributed by atoms with Gasteiger partial charge >= 0.3 is 0 Å². The van der Waals surface area contributed by atoms with Crippen LogP contribution >= 0.6 is 15.9 Å². The van der Waals surface area contributed by atoms with E-state index in [2.05, 4.69) is 21.2 Å². The molecule has 1 atom stereocenters. The lowest BCUT2D eigenvalue weighted by Gasteiger charge is -2.22. The minimum atomic E-state index is -0.395. The Morgan fingerprint density at radius 1 is 1.43 bits per heavy atom. The Hall–Kier alpha value is -1.66. The monoisotopic (exact) mass is 354 g/mol. The van der Waals surface area contributed by atoms with Gasteiger partial charge in [0.15, 0.2) is 0 Å². The van der Waals surface area contributed by atoms with Gasteiger partial charge in [-0.2, -0.15) is 0 Å². The summed E-state index contributed by atoms with van der Waals surface area (Å²) in [4.78, 5) is 14.1. The van der Waals surface area contributed by atoms with Crippen LogP contribution in [0.2, 0.25) is 0 Å². The van der Waals surface area contributed by atoms with Crippen LogP contribution in [0.3, 0.4) is 0 Å². The number of halogens is 2. The van der Waals surface area contributed by atoms with E-state index in [1.165, 1.54) is 18.2 Å². The van der Waals surface area contributed by atoms with Crippen LogP contribution < -0.4 is 5.32 Å². The van der Waals surface area contributed by atoms with Gasteiger partial charge in [0.1, 0.15) is 11.6 Å². The normalized spacial score (nSPS) is 12.4. The number of hydrogen-bond acceptors (Lipinski definition) is 3. The van der Waals surface area contributed by atoms with Gasteiger partial charge in [-0.15, -0.1) is 0 Å². The van der Waals surface area contributed by atoms with Crippen molar-refractivity contribution in [2.24, 2.45) is 0 Å². The van der Waals surface area contributed by atoms with Gasteiger partial charge in [0.05, 0.1) is 16.8 Å². The maximum Gasteiger partial charge on any atom is 0.251 e. The van der Waals surface area contributed by atoms with Crippen LogP contribution in [0.1, 0.15) is 22.2 Å². The fourth-order valence-corrected chi connectivity index (χ4v) is 2.33. The number of carbonyl (C=O) groups excluding carboxylic acids is 1. The van der Waals surface area contributed by atoms with Crippen molar-refractivity contribution in [1.82, 2.24) is 10.2 Å². The molecule has 21 heavy (non-hydrogen) atoms. The highest BCUT2D eigenvalue weighted by atomic mass is 79.9. The third kappa shape index (κ3) is 3.92. The summed E-state index contributed by atoms with van der Waals surface area (Å²) in [6.45, 7) is 0.397. The number of furan rings is 1. The molecule has 0 bridgehead atoms. The predicted octanol–water partition coefficient (Wildman–Crippen LogP) is 3.21. The molecule has 1 aromatic heterocycles. The van der Waals surface area contributed by atoms with E-state index >= 15 is 0 Å². The standard InChI is InChI=1S/C15H16BrFN2O2/c1-19(2)13(14-4-3-7-21-14)9-18-15(20)10-5-6-12(17)11(16)8-10/h3-8,13H,9H2,1-2H3,(H,18,20). The van der Waals surface area contributed by atoms with Crippen molar-refractivity contribution in [2.45, 2.75) is 6.04 Å². The lowest BCUT2D eigenvalue weighted by molar-refractivity contribution is 0.0939. The van der Waals surface area contributed by atoms with Gasteiger partial charge in [-0.25, -0.2) is 4.39 Å². The summed E-state index contributed by atoms with van der Waals surface area (Å²) in [6, 6.07) is 7.79.